The van der Waals surface area contributed by atoms with Gasteiger partial charge in [0.1, 0.15) is 6.29 Å². The van der Waals surface area contributed by atoms with Crippen LogP contribution >= 0.6 is 0 Å². The highest BCUT2D eigenvalue weighted by atomic mass is 16.3. The lowest BCUT2D eigenvalue weighted by molar-refractivity contribution is -0.104. The molecule has 0 aliphatic heterocycles. The monoisotopic (exact) mass is 226 g/mol. The van der Waals surface area contributed by atoms with E-state index in [1.165, 1.54) is 51.0 Å². The van der Waals surface area contributed by atoms with E-state index >= 15 is 0 Å². The number of aliphatic hydroxyl groups is 1. The molecule has 1 atom stereocenters. The summed E-state index contributed by atoms with van der Waals surface area (Å²) < 4.78 is 0. The Morgan fingerprint density at radius 1 is 1.00 bits per heavy atom. The zero-order valence-corrected chi connectivity index (χ0v) is 10.5. The Labute approximate surface area is 99.7 Å². The van der Waals surface area contributed by atoms with Crippen molar-refractivity contribution in [3.8, 4) is 0 Å². The molecule has 0 saturated carbocycles. The van der Waals surface area contributed by atoms with Crippen molar-refractivity contribution in [2.24, 2.45) is 0 Å². The first-order chi connectivity index (χ1) is 7.81. The Bertz CT molecular complexity index is 176. The Morgan fingerprint density at radius 3 is 2.12 bits per heavy atom. The molecule has 0 heterocycles. The Morgan fingerprint density at radius 2 is 1.56 bits per heavy atom. The fourth-order valence-electron chi connectivity index (χ4n) is 1.76. The Hall–Kier alpha value is -0.630. The zero-order valence-electron chi connectivity index (χ0n) is 10.5. The molecular weight excluding hydrogens is 200 g/mol. The van der Waals surface area contributed by atoms with Crippen molar-refractivity contribution in [3.05, 3.63) is 12.2 Å². The minimum atomic E-state index is -0.440. The lowest BCUT2D eigenvalue weighted by atomic mass is 10.1. The predicted octanol–water partition coefficient (Wildman–Crippen LogP) is 3.63. The van der Waals surface area contributed by atoms with Crippen LogP contribution in [0.2, 0.25) is 0 Å². The van der Waals surface area contributed by atoms with Crippen LogP contribution < -0.4 is 0 Å². The molecule has 0 aliphatic rings. The summed E-state index contributed by atoms with van der Waals surface area (Å²) in [7, 11) is 0. The second kappa shape index (κ2) is 12.4. The number of hydrogen-bond donors (Lipinski definition) is 1. The lowest BCUT2D eigenvalue weighted by Gasteiger charge is -2.04. The first-order valence-corrected chi connectivity index (χ1v) is 6.61. The van der Waals surface area contributed by atoms with Gasteiger partial charge in [0.15, 0.2) is 0 Å². The second-order valence-corrected chi connectivity index (χ2v) is 4.35. The van der Waals surface area contributed by atoms with Gasteiger partial charge in [-0.05, 0) is 12.5 Å². The van der Waals surface area contributed by atoms with E-state index < -0.39 is 6.10 Å². The van der Waals surface area contributed by atoms with Crippen LogP contribution in [0.5, 0.6) is 0 Å². The van der Waals surface area contributed by atoms with Gasteiger partial charge in [-0.2, -0.15) is 0 Å². The molecule has 0 fully saturated rings. The summed E-state index contributed by atoms with van der Waals surface area (Å²) in [4.78, 5) is 10.0. The molecule has 0 spiro atoms. The summed E-state index contributed by atoms with van der Waals surface area (Å²) in [6, 6.07) is 0. The highest BCUT2D eigenvalue weighted by Crippen LogP contribution is 2.10. The number of aliphatic hydroxyl groups excluding tert-OH is 1. The molecule has 1 N–H and O–H groups in total. The van der Waals surface area contributed by atoms with Gasteiger partial charge in [0, 0.05) is 0 Å². The quantitative estimate of drug-likeness (QED) is 0.332. The largest absolute Gasteiger partial charge is 0.389 e. The van der Waals surface area contributed by atoms with Gasteiger partial charge in [-0.1, -0.05) is 64.4 Å². The number of allylic oxidation sites excluding steroid dienone is 1. The predicted molar refractivity (Wildman–Crippen MR) is 68.4 cm³/mol. The van der Waals surface area contributed by atoms with E-state index in [1.54, 1.807) is 6.08 Å². The van der Waals surface area contributed by atoms with Gasteiger partial charge in [-0.15, -0.1) is 0 Å². The van der Waals surface area contributed by atoms with E-state index in [2.05, 4.69) is 6.92 Å². The molecule has 2 heteroatoms. The topological polar surface area (TPSA) is 37.3 Å². The van der Waals surface area contributed by atoms with E-state index in [9.17, 15) is 9.90 Å². The molecule has 2 nitrogen and oxygen atoms in total. The molecule has 94 valence electrons. The molecule has 0 aromatic heterocycles. The molecule has 1 unspecified atom stereocenters. The number of carbonyl (C=O) groups is 1. The average Bonchev–Trinajstić information content (AvgIpc) is 2.30. The average molecular weight is 226 g/mol. The molecule has 16 heavy (non-hydrogen) atoms. The molecule has 0 radical (unpaired) electrons. The smallest absolute Gasteiger partial charge is 0.142 e. The maximum absolute atomic E-state index is 10.0. The van der Waals surface area contributed by atoms with Crippen molar-refractivity contribution in [3.63, 3.8) is 0 Å². The number of unbranched alkanes of at least 4 members (excludes halogenated alkanes) is 7. The van der Waals surface area contributed by atoms with Crippen molar-refractivity contribution in [1.82, 2.24) is 0 Å². The molecule has 0 aromatic carbocycles. The first-order valence-electron chi connectivity index (χ1n) is 6.61. The Kier molecular flexibility index (Phi) is 11.9. The van der Waals surface area contributed by atoms with Gasteiger partial charge >= 0.3 is 0 Å². The van der Waals surface area contributed by atoms with Crippen LogP contribution in [0.1, 0.15) is 64.7 Å². The van der Waals surface area contributed by atoms with Gasteiger partial charge in [-0.3, -0.25) is 4.79 Å². The van der Waals surface area contributed by atoms with Crippen molar-refractivity contribution in [1.29, 1.82) is 0 Å². The summed E-state index contributed by atoms with van der Waals surface area (Å²) in [5, 5.41) is 9.41. The molecule has 0 amide bonds. The van der Waals surface area contributed by atoms with Gasteiger partial charge in [0.25, 0.3) is 0 Å². The van der Waals surface area contributed by atoms with E-state index in [1.807, 2.05) is 0 Å². The highest BCUT2D eigenvalue weighted by molar-refractivity contribution is 5.64. The van der Waals surface area contributed by atoms with Crippen LogP contribution in [0.25, 0.3) is 0 Å². The number of hydrogen-bond acceptors (Lipinski definition) is 2. The van der Waals surface area contributed by atoms with Crippen LogP contribution in [0.4, 0.5) is 0 Å². The maximum Gasteiger partial charge on any atom is 0.142 e. The molecule has 0 aliphatic carbocycles. The third kappa shape index (κ3) is 11.4. The van der Waals surface area contributed by atoms with E-state index in [0.29, 0.717) is 6.29 Å². The van der Waals surface area contributed by atoms with Crippen LogP contribution in [0, 0.1) is 0 Å². The maximum atomic E-state index is 10.0. The third-order valence-corrected chi connectivity index (χ3v) is 2.77. The fraction of sp³-hybridized carbons (Fsp3) is 0.786. The Balaban J connectivity index is 3.14. The number of aldehydes is 1. The van der Waals surface area contributed by atoms with Gasteiger partial charge < -0.3 is 5.11 Å². The lowest BCUT2D eigenvalue weighted by Crippen LogP contribution is -2.01. The summed E-state index contributed by atoms with van der Waals surface area (Å²) >= 11 is 0. The van der Waals surface area contributed by atoms with E-state index in [0.717, 1.165) is 12.8 Å². The van der Waals surface area contributed by atoms with Crippen molar-refractivity contribution < 1.29 is 9.90 Å². The van der Waals surface area contributed by atoms with E-state index in [4.69, 9.17) is 0 Å². The van der Waals surface area contributed by atoms with Crippen molar-refractivity contribution in [2.45, 2.75) is 70.8 Å². The highest BCUT2D eigenvalue weighted by Gasteiger charge is 1.98. The first kappa shape index (κ1) is 15.4. The van der Waals surface area contributed by atoms with Gasteiger partial charge in [0.2, 0.25) is 0 Å². The minimum absolute atomic E-state index is 0.440. The summed E-state index contributed by atoms with van der Waals surface area (Å²) in [6.07, 6.45) is 14.2. The van der Waals surface area contributed by atoms with Gasteiger partial charge in [-0.25, -0.2) is 0 Å². The molecule has 0 saturated heterocycles. The fourth-order valence-corrected chi connectivity index (χ4v) is 1.76. The van der Waals surface area contributed by atoms with Gasteiger partial charge in [0.05, 0.1) is 6.10 Å². The SMILES string of the molecule is CCCCCCCCCCC(O)C=CC=O. The van der Waals surface area contributed by atoms with Crippen molar-refractivity contribution in [2.75, 3.05) is 0 Å². The molecule has 0 bridgehead atoms. The minimum Gasteiger partial charge on any atom is -0.389 e. The summed E-state index contributed by atoms with van der Waals surface area (Å²) in [5.74, 6) is 0. The number of rotatable bonds is 11. The van der Waals surface area contributed by atoms with Crippen LogP contribution in [-0.2, 0) is 4.79 Å². The van der Waals surface area contributed by atoms with Crippen LogP contribution in [-0.4, -0.2) is 17.5 Å². The standard InChI is InChI=1S/C14H26O2/c1-2-3-4-5-6-7-8-9-11-14(16)12-10-13-15/h10,12-14,16H,2-9,11H2,1H3. The zero-order chi connectivity index (χ0) is 12.1. The van der Waals surface area contributed by atoms with Crippen LogP contribution in [0.15, 0.2) is 12.2 Å². The van der Waals surface area contributed by atoms with Crippen molar-refractivity contribution >= 4 is 6.29 Å². The molecule has 0 aromatic rings. The number of carbonyl (C=O) groups excluding carboxylic acids is 1. The molecule has 0 rings (SSSR count). The third-order valence-electron chi connectivity index (χ3n) is 2.77. The normalized spacial score (nSPS) is 13.1. The second-order valence-electron chi connectivity index (χ2n) is 4.35. The van der Waals surface area contributed by atoms with Crippen LogP contribution in [0.3, 0.4) is 0 Å². The summed E-state index contributed by atoms with van der Waals surface area (Å²) in [5.41, 5.74) is 0. The molecular formula is C14H26O2. The van der Waals surface area contributed by atoms with E-state index in [-0.39, 0.29) is 0 Å². The summed E-state index contributed by atoms with van der Waals surface area (Å²) in [6.45, 7) is 2.23.